The van der Waals surface area contributed by atoms with Gasteiger partial charge in [0.2, 0.25) is 0 Å². The Hall–Kier alpha value is -1.63. The fourth-order valence-corrected chi connectivity index (χ4v) is 1.34. The Morgan fingerprint density at radius 2 is 1.56 bits per heavy atom. The highest BCUT2D eigenvalue weighted by Crippen LogP contribution is 2.25. The molecule has 0 aliphatic rings. The minimum absolute atomic E-state index is 0.222. The zero-order valence-electron chi connectivity index (χ0n) is 8.71. The normalized spacial score (nSPS) is 14.4. The van der Waals surface area contributed by atoms with Crippen LogP contribution in [0.5, 0.6) is 0 Å². The summed E-state index contributed by atoms with van der Waals surface area (Å²) in [5, 5.41) is 35.7. The van der Waals surface area contributed by atoms with E-state index in [9.17, 15) is 19.5 Å². The summed E-state index contributed by atoms with van der Waals surface area (Å²) < 4.78 is 0. The Kier molecular flexibility index (Phi) is 4.90. The number of carboxylic acids is 3. The van der Waals surface area contributed by atoms with Crippen LogP contribution < -0.4 is 0 Å². The quantitative estimate of drug-likeness (QED) is 0.447. The zero-order valence-corrected chi connectivity index (χ0v) is 8.71. The van der Waals surface area contributed by atoms with E-state index in [0.717, 1.165) is 0 Å². The maximum Gasteiger partial charge on any atom is 0.337 e. The molecule has 0 aromatic carbocycles. The van der Waals surface area contributed by atoms with E-state index in [0.29, 0.717) is 6.42 Å². The second-order valence-corrected chi connectivity index (χ2v) is 3.44. The molecule has 0 heterocycles. The van der Waals surface area contributed by atoms with Gasteiger partial charge in [-0.1, -0.05) is 19.8 Å². The molecule has 0 aromatic rings. The third-order valence-corrected chi connectivity index (χ3v) is 2.25. The molecule has 7 heteroatoms. The van der Waals surface area contributed by atoms with Crippen molar-refractivity contribution in [1.82, 2.24) is 0 Å². The fourth-order valence-electron chi connectivity index (χ4n) is 1.34. The molecule has 1 atom stereocenters. The molecule has 16 heavy (non-hydrogen) atoms. The zero-order chi connectivity index (χ0) is 12.9. The minimum Gasteiger partial charge on any atom is -0.481 e. The van der Waals surface area contributed by atoms with E-state index in [4.69, 9.17) is 15.3 Å². The van der Waals surface area contributed by atoms with E-state index < -0.39 is 35.8 Å². The lowest BCUT2D eigenvalue weighted by Gasteiger charge is -2.26. The summed E-state index contributed by atoms with van der Waals surface area (Å²) in [5.74, 6) is -7.94. The lowest BCUT2D eigenvalue weighted by Crippen LogP contribution is -2.52. The molecule has 0 aliphatic carbocycles. The van der Waals surface area contributed by atoms with Gasteiger partial charge in [0.05, 0.1) is 0 Å². The van der Waals surface area contributed by atoms with Crippen molar-refractivity contribution in [2.75, 3.05) is 0 Å². The van der Waals surface area contributed by atoms with Crippen LogP contribution in [0.2, 0.25) is 0 Å². The van der Waals surface area contributed by atoms with Gasteiger partial charge in [0.1, 0.15) is 0 Å². The highest BCUT2D eigenvalue weighted by molar-refractivity contribution is 6.00. The van der Waals surface area contributed by atoms with E-state index >= 15 is 0 Å². The summed E-state index contributed by atoms with van der Waals surface area (Å²) in [6, 6.07) is 0. The first-order valence-corrected chi connectivity index (χ1v) is 4.68. The van der Waals surface area contributed by atoms with Crippen LogP contribution in [0.1, 0.15) is 26.2 Å². The van der Waals surface area contributed by atoms with Crippen molar-refractivity contribution in [2.45, 2.75) is 31.8 Å². The number of rotatable bonds is 7. The van der Waals surface area contributed by atoms with Crippen molar-refractivity contribution in [1.29, 1.82) is 0 Å². The summed E-state index contributed by atoms with van der Waals surface area (Å²) in [6.07, 6.45) is 0.323. The highest BCUT2D eigenvalue weighted by Gasteiger charge is 2.52. The Labute approximate surface area is 91.3 Å². The average molecular weight is 234 g/mol. The third-order valence-electron chi connectivity index (χ3n) is 2.25. The molecule has 0 bridgehead atoms. The van der Waals surface area contributed by atoms with E-state index in [1.807, 2.05) is 0 Å². The number of carbonyl (C=O) groups is 3. The molecule has 0 aromatic heterocycles. The van der Waals surface area contributed by atoms with Gasteiger partial charge in [-0.3, -0.25) is 9.59 Å². The van der Waals surface area contributed by atoms with E-state index in [1.54, 1.807) is 6.92 Å². The molecule has 0 fully saturated rings. The van der Waals surface area contributed by atoms with Crippen LogP contribution in [0.15, 0.2) is 0 Å². The van der Waals surface area contributed by atoms with Crippen LogP contribution in [0.3, 0.4) is 0 Å². The number of carboxylic acid groups (broad SMARTS) is 3. The van der Waals surface area contributed by atoms with Crippen molar-refractivity contribution in [3.63, 3.8) is 0 Å². The van der Waals surface area contributed by atoms with Crippen LogP contribution in [0.25, 0.3) is 0 Å². The first-order chi connectivity index (χ1) is 7.27. The third kappa shape index (κ3) is 2.93. The van der Waals surface area contributed by atoms with Crippen molar-refractivity contribution in [2.24, 2.45) is 5.92 Å². The number of aliphatic hydroxyl groups is 1. The van der Waals surface area contributed by atoms with Gasteiger partial charge in [-0.05, 0) is 6.42 Å². The second-order valence-electron chi connectivity index (χ2n) is 3.44. The smallest absolute Gasteiger partial charge is 0.337 e. The molecule has 4 N–H and O–H groups in total. The van der Waals surface area contributed by atoms with E-state index in [2.05, 4.69) is 0 Å². The van der Waals surface area contributed by atoms with Crippen LogP contribution in [-0.2, 0) is 14.4 Å². The number of unbranched alkanes of at least 4 members (excludes halogenated alkanes) is 1. The molecule has 1 unspecified atom stereocenters. The maximum atomic E-state index is 10.8. The first kappa shape index (κ1) is 14.4. The molecule has 0 spiro atoms. The molecular formula is C9H14O7. The predicted molar refractivity (Wildman–Crippen MR) is 50.9 cm³/mol. The highest BCUT2D eigenvalue weighted by atomic mass is 16.4. The fraction of sp³-hybridized carbons (Fsp3) is 0.667. The predicted octanol–water partition coefficient (Wildman–Crippen LogP) is -0.222. The number of aliphatic carboxylic acids is 3. The monoisotopic (exact) mass is 234 g/mol. The molecule has 7 nitrogen and oxygen atoms in total. The van der Waals surface area contributed by atoms with E-state index in [-0.39, 0.29) is 6.42 Å². The Bertz CT molecular complexity index is 284. The molecule has 0 rings (SSSR count). The molecule has 0 amide bonds. The molecule has 0 saturated carbocycles. The van der Waals surface area contributed by atoms with Crippen molar-refractivity contribution in [3.05, 3.63) is 0 Å². The summed E-state index contributed by atoms with van der Waals surface area (Å²) in [7, 11) is 0. The van der Waals surface area contributed by atoms with Gasteiger partial charge in [-0.25, -0.2) is 4.79 Å². The van der Waals surface area contributed by atoms with Gasteiger partial charge >= 0.3 is 17.9 Å². The van der Waals surface area contributed by atoms with Crippen LogP contribution in [0.4, 0.5) is 0 Å². The summed E-state index contributed by atoms with van der Waals surface area (Å²) in [5.41, 5.74) is -2.77. The largest absolute Gasteiger partial charge is 0.481 e. The van der Waals surface area contributed by atoms with Crippen LogP contribution in [-0.4, -0.2) is 43.9 Å². The Balaban J connectivity index is 5.20. The van der Waals surface area contributed by atoms with Crippen molar-refractivity contribution >= 4 is 17.9 Å². The lowest BCUT2D eigenvalue weighted by molar-refractivity contribution is -0.183. The molecular weight excluding hydrogens is 220 g/mol. The second kappa shape index (κ2) is 5.45. The van der Waals surface area contributed by atoms with Crippen LogP contribution in [0, 0.1) is 5.92 Å². The average Bonchev–Trinajstić information content (AvgIpc) is 2.13. The van der Waals surface area contributed by atoms with Gasteiger partial charge in [-0.2, -0.15) is 0 Å². The summed E-state index contributed by atoms with van der Waals surface area (Å²) in [4.78, 5) is 32.1. The topological polar surface area (TPSA) is 132 Å². The number of hydrogen-bond acceptors (Lipinski definition) is 4. The maximum absolute atomic E-state index is 10.8. The minimum atomic E-state index is -2.77. The standard InChI is InChI=1S/C9H14O7/c1-2-3-4-9(16,8(14)15)5(6(10)11)7(12)13/h5,16H,2-4H2,1H3,(H,10,11)(H,12,13)(H,14,15). The molecule has 92 valence electrons. The Morgan fingerprint density at radius 1 is 1.12 bits per heavy atom. The van der Waals surface area contributed by atoms with Gasteiger partial charge in [0, 0.05) is 0 Å². The van der Waals surface area contributed by atoms with Gasteiger partial charge < -0.3 is 20.4 Å². The summed E-state index contributed by atoms with van der Waals surface area (Å²) in [6.45, 7) is 1.71. The van der Waals surface area contributed by atoms with Gasteiger partial charge in [0.15, 0.2) is 11.5 Å². The summed E-state index contributed by atoms with van der Waals surface area (Å²) >= 11 is 0. The van der Waals surface area contributed by atoms with Crippen molar-refractivity contribution < 1.29 is 34.8 Å². The number of hydrogen-bond donors (Lipinski definition) is 4. The lowest BCUT2D eigenvalue weighted by atomic mass is 9.83. The molecule has 0 radical (unpaired) electrons. The van der Waals surface area contributed by atoms with Crippen molar-refractivity contribution in [3.8, 4) is 0 Å². The molecule has 0 aliphatic heterocycles. The van der Waals surface area contributed by atoms with Gasteiger partial charge in [0.25, 0.3) is 0 Å². The van der Waals surface area contributed by atoms with Crippen LogP contribution >= 0.6 is 0 Å². The SMILES string of the molecule is CCCCC(O)(C(=O)O)C(C(=O)O)C(=O)O. The Morgan fingerprint density at radius 3 is 1.81 bits per heavy atom. The first-order valence-electron chi connectivity index (χ1n) is 4.68. The molecule has 0 saturated heterocycles. The van der Waals surface area contributed by atoms with E-state index in [1.165, 1.54) is 0 Å². The van der Waals surface area contributed by atoms with Gasteiger partial charge in [-0.15, -0.1) is 0 Å².